The Kier molecular flexibility index (Phi) is 8.80. The Bertz CT molecular complexity index is 3570. The fourth-order valence-electron chi connectivity index (χ4n) is 9.61. The minimum absolute atomic E-state index is 0.845. The largest absolute Gasteiger partial charge is 0.453 e. The quantitative estimate of drug-likeness (QED) is 0.162. The summed E-state index contributed by atoms with van der Waals surface area (Å²) >= 11 is 3.49. The summed E-state index contributed by atoms with van der Waals surface area (Å²) < 4.78 is 18.1. The molecule has 0 N–H and O–H groups in total. The van der Waals surface area contributed by atoms with Gasteiger partial charge in [0.25, 0.3) is 0 Å². The van der Waals surface area contributed by atoms with Crippen LogP contribution in [-0.2, 0) is 12.8 Å². The summed E-state index contributed by atoms with van der Waals surface area (Å²) in [5, 5.41) is 4.92. The van der Waals surface area contributed by atoms with Crippen molar-refractivity contribution in [2.45, 2.75) is 26.7 Å². The van der Waals surface area contributed by atoms with Crippen LogP contribution in [0.3, 0.4) is 0 Å². The molecular weight excluding hydrogens is 841 g/mol. The van der Waals surface area contributed by atoms with Crippen molar-refractivity contribution in [3.8, 4) is 67.8 Å². The molecule has 11 aromatic rings. The number of para-hydroxylation sites is 2. The zero-order valence-electron chi connectivity index (χ0n) is 34.6. The Labute approximate surface area is 372 Å². The third-order valence-corrected chi connectivity index (χ3v) is 12.8. The number of nitrogens with zero attached hydrogens (tertiary/aromatic N) is 4. The van der Waals surface area contributed by atoms with E-state index in [-0.39, 0.29) is 0 Å². The summed E-state index contributed by atoms with van der Waals surface area (Å²) in [6.45, 7) is 4.28. The molecule has 0 amide bonds. The number of aromatic nitrogens is 4. The van der Waals surface area contributed by atoms with Gasteiger partial charge in [0, 0.05) is 17.3 Å². The van der Waals surface area contributed by atoms with Crippen LogP contribution in [0.15, 0.2) is 180 Å². The molecule has 0 bridgehead atoms. The zero-order chi connectivity index (χ0) is 42.2. The van der Waals surface area contributed by atoms with Gasteiger partial charge in [0.2, 0.25) is 0 Å². The minimum Gasteiger partial charge on any atom is -0.453 e. The third kappa shape index (κ3) is 5.98. The molecule has 0 unspecified atom stereocenters. The fraction of sp³-hybridized carbons (Fsp3) is 0.0714. The Balaban J connectivity index is 0.000000184. The number of rotatable bonds is 5. The predicted octanol–water partition coefficient (Wildman–Crippen LogP) is 15.5. The van der Waals surface area contributed by atoms with Crippen LogP contribution in [0.4, 0.5) is 0 Å². The molecule has 7 heteroatoms. The van der Waals surface area contributed by atoms with Crippen LogP contribution in [0.2, 0.25) is 0 Å². The SMILES string of the molecule is CCc1nc2cccc3c2n1-c1ccc(-c2c4ccccc4c(-c4cccc(-c5ccccc5)c4)c4ccccc24)cc1O3.CCc1nc2cccc3c2n1-c1ccc(Br)cc1O3. The van der Waals surface area contributed by atoms with Gasteiger partial charge in [0.05, 0.1) is 22.4 Å². The summed E-state index contributed by atoms with van der Waals surface area (Å²) in [5.74, 6) is 5.54. The van der Waals surface area contributed by atoms with E-state index in [1.54, 1.807) is 0 Å². The van der Waals surface area contributed by atoms with E-state index in [9.17, 15) is 0 Å². The van der Waals surface area contributed by atoms with Gasteiger partial charge >= 0.3 is 0 Å². The lowest BCUT2D eigenvalue weighted by Gasteiger charge is -2.23. The molecule has 0 fully saturated rings. The van der Waals surface area contributed by atoms with Crippen LogP contribution in [-0.4, -0.2) is 19.1 Å². The topological polar surface area (TPSA) is 54.1 Å². The first kappa shape index (κ1) is 37.3. The van der Waals surface area contributed by atoms with Crippen molar-refractivity contribution in [3.63, 3.8) is 0 Å². The molecule has 0 atom stereocenters. The molecule has 6 nitrogen and oxygen atoms in total. The molecule has 9 aromatic carbocycles. The van der Waals surface area contributed by atoms with Crippen molar-refractivity contribution in [2.75, 3.05) is 0 Å². The van der Waals surface area contributed by atoms with E-state index in [1.165, 1.54) is 49.4 Å². The van der Waals surface area contributed by atoms with Crippen molar-refractivity contribution in [2.24, 2.45) is 0 Å². The van der Waals surface area contributed by atoms with E-state index in [2.05, 4.69) is 172 Å². The second-order valence-electron chi connectivity index (χ2n) is 16.0. The highest BCUT2D eigenvalue weighted by molar-refractivity contribution is 9.10. The van der Waals surface area contributed by atoms with Gasteiger partial charge in [-0.1, -0.05) is 145 Å². The second kappa shape index (κ2) is 14.9. The van der Waals surface area contributed by atoms with Crippen LogP contribution in [0.25, 0.3) is 88.4 Å². The third-order valence-electron chi connectivity index (χ3n) is 12.3. The van der Waals surface area contributed by atoms with Gasteiger partial charge < -0.3 is 9.47 Å². The van der Waals surface area contributed by atoms with Gasteiger partial charge in [-0.25, -0.2) is 9.97 Å². The van der Waals surface area contributed by atoms with Gasteiger partial charge in [-0.3, -0.25) is 9.13 Å². The van der Waals surface area contributed by atoms with Gasteiger partial charge in [0.15, 0.2) is 23.0 Å². The first-order valence-corrected chi connectivity index (χ1v) is 22.3. The number of hydrogen-bond acceptors (Lipinski definition) is 4. The first-order valence-electron chi connectivity index (χ1n) is 21.5. The molecule has 2 aliphatic rings. The lowest BCUT2D eigenvalue weighted by Crippen LogP contribution is -2.07. The maximum atomic E-state index is 6.58. The number of aryl methyl sites for hydroxylation is 2. The second-order valence-corrected chi connectivity index (χ2v) is 16.9. The average molecular weight is 880 g/mol. The van der Waals surface area contributed by atoms with Gasteiger partial charge in [-0.2, -0.15) is 0 Å². The van der Waals surface area contributed by atoms with Crippen LogP contribution < -0.4 is 9.47 Å². The van der Waals surface area contributed by atoms with Crippen molar-refractivity contribution >= 4 is 59.5 Å². The predicted molar refractivity (Wildman–Crippen MR) is 260 cm³/mol. The highest BCUT2D eigenvalue weighted by atomic mass is 79.9. The average Bonchev–Trinajstić information content (AvgIpc) is 3.91. The van der Waals surface area contributed by atoms with E-state index >= 15 is 0 Å². The number of imidazole rings is 2. The van der Waals surface area contributed by atoms with E-state index in [0.717, 1.165) is 91.0 Å². The normalized spacial score (nSPS) is 12.1. The molecule has 0 saturated carbocycles. The van der Waals surface area contributed by atoms with Gasteiger partial charge in [-0.05, 0) is 116 Å². The number of fused-ring (bicyclic) bond motifs is 6. The highest BCUT2D eigenvalue weighted by Gasteiger charge is 2.26. The van der Waals surface area contributed by atoms with Crippen LogP contribution in [0, 0.1) is 0 Å². The van der Waals surface area contributed by atoms with E-state index in [0.29, 0.717) is 0 Å². The van der Waals surface area contributed by atoms with Crippen molar-refractivity contribution < 1.29 is 9.47 Å². The lowest BCUT2D eigenvalue weighted by molar-refractivity contribution is 0.474. The Morgan fingerprint density at radius 3 is 1.43 bits per heavy atom. The van der Waals surface area contributed by atoms with Crippen molar-refractivity contribution in [3.05, 3.63) is 192 Å². The smallest absolute Gasteiger partial charge is 0.153 e. The number of benzene rings is 9. The lowest BCUT2D eigenvalue weighted by atomic mass is 9.85. The summed E-state index contributed by atoms with van der Waals surface area (Å²) in [6, 6.07) is 62.0. The molecule has 2 aliphatic heterocycles. The number of ether oxygens (including phenoxy) is 2. The van der Waals surface area contributed by atoms with E-state index < -0.39 is 0 Å². The molecule has 4 heterocycles. The molecular formula is C56H39BrN4O2. The summed E-state index contributed by atoms with van der Waals surface area (Å²) in [6.07, 6.45) is 1.74. The molecule has 13 rings (SSSR count). The van der Waals surface area contributed by atoms with Crippen molar-refractivity contribution in [1.29, 1.82) is 0 Å². The zero-order valence-corrected chi connectivity index (χ0v) is 36.2. The molecule has 302 valence electrons. The molecule has 2 aromatic heterocycles. The number of halogens is 1. The standard InChI is InChI=1S/C41H28N2O.C15H11BrN2O/c1-2-38-42-34-20-11-21-36-41(34)43(38)35-23-22-29(25-37(35)44-36)40-32-18-8-6-16-30(32)39(31-17-7-9-19-33(31)40)28-15-10-14-27(24-28)26-12-4-3-5-13-26;1-2-14-17-10-4-3-5-12-15(10)18(14)11-7-6-9(16)8-13(11)19-12/h3-25H,2H2,1H3;3-8H,2H2,1H3. The Morgan fingerprint density at radius 2 is 0.873 bits per heavy atom. The molecule has 63 heavy (non-hydrogen) atoms. The summed E-state index contributed by atoms with van der Waals surface area (Å²) in [7, 11) is 0. The van der Waals surface area contributed by atoms with Crippen LogP contribution in [0.5, 0.6) is 23.0 Å². The maximum Gasteiger partial charge on any atom is 0.153 e. The maximum absolute atomic E-state index is 6.58. The summed E-state index contributed by atoms with van der Waals surface area (Å²) in [4.78, 5) is 9.61. The van der Waals surface area contributed by atoms with Gasteiger partial charge in [-0.15, -0.1) is 0 Å². The van der Waals surface area contributed by atoms with Crippen LogP contribution >= 0.6 is 15.9 Å². The molecule has 0 radical (unpaired) electrons. The van der Waals surface area contributed by atoms with E-state index in [4.69, 9.17) is 19.4 Å². The monoisotopic (exact) mass is 878 g/mol. The van der Waals surface area contributed by atoms with Gasteiger partial charge in [0.1, 0.15) is 22.7 Å². The number of hydrogen-bond donors (Lipinski definition) is 0. The Hall–Kier alpha value is -7.48. The molecule has 0 spiro atoms. The van der Waals surface area contributed by atoms with Crippen LogP contribution in [0.1, 0.15) is 25.5 Å². The molecule has 0 aliphatic carbocycles. The van der Waals surface area contributed by atoms with Crippen molar-refractivity contribution in [1.82, 2.24) is 19.1 Å². The Morgan fingerprint density at radius 1 is 0.413 bits per heavy atom. The first-order chi connectivity index (χ1) is 31.1. The highest BCUT2D eigenvalue weighted by Crippen LogP contribution is 2.48. The summed E-state index contributed by atoms with van der Waals surface area (Å²) in [5.41, 5.74) is 13.4. The minimum atomic E-state index is 0.845. The fourth-order valence-corrected chi connectivity index (χ4v) is 9.95. The van der Waals surface area contributed by atoms with E-state index in [1.807, 2.05) is 42.5 Å². The molecule has 0 saturated heterocycles.